The average Bonchev–Trinajstić information content (AvgIpc) is 2.24. The van der Waals surface area contributed by atoms with Crippen LogP contribution in [0.4, 0.5) is 0 Å². The Labute approximate surface area is 114 Å². The van der Waals surface area contributed by atoms with Crippen LogP contribution < -0.4 is 4.72 Å². The van der Waals surface area contributed by atoms with Gasteiger partial charge < -0.3 is 10.0 Å². The van der Waals surface area contributed by atoms with E-state index in [9.17, 15) is 18.0 Å². The van der Waals surface area contributed by atoms with Crippen molar-refractivity contribution in [3.63, 3.8) is 0 Å². The zero-order valence-corrected chi connectivity index (χ0v) is 12.7. The zero-order valence-electron chi connectivity index (χ0n) is 11.9. The molecule has 0 saturated carbocycles. The maximum Gasteiger partial charge on any atom is 0.321 e. The first-order valence-corrected chi connectivity index (χ1v) is 7.48. The first-order chi connectivity index (χ1) is 8.49. The van der Waals surface area contributed by atoms with Crippen LogP contribution in [0.15, 0.2) is 0 Å². The van der Waals surface area contributed by atoms with Crippen LogP contribution >= 0.6 is 0 Å². The number of rotatable bonds is 7. The number of nitrogens with one attached hydrogen (secondary N) is 1. The number of aliphatic carboxylic acids is 1. The fourth-order valence-electron chi connectivity index (χ4n) is 1.47. The van der Waals surface area contributed by atoms with Crippen molar-refractivity contribution in [1.82, 2.24) is 9.62 Å². The predicted molar refractivity (Wildman–Crippen MR) is 71.1 cm³/mol. The van der Waals surface area contributed by atoms with E-state index in [2.05, 4.69) is 4.72 Å². The van der Waals surface area contributed by atoms with Gasteiger partial charge in [0.25, 0.3) is 0 Å². The topological polar surface area (TPSA) is 104 Å². The highest BCUT2D eigenvalue weighted by atomic mass is 32.2. The molecule has 19 heavy (non-hydrogen) atoms. The summed E-state index contributed by atoms with van der Waals surface area (Å²) in [5.74, 6) is -1.83. The summed E-state index contributed by atoms with van der Waals surface area (Å²) < 4.78 is 26.0. The second-order valence-electron chi connectivity index (χ2n) is 5.06. The van der Waals surface area contributed by atoms with Gasteiger partial charge in [-0.3, -0.25) is 9.59 Å². The molecular formula is C11H22N2O5S. The van der Waals surface area contributed by atoms with E-state index in [1.807, 2.05) is 0 Å². The summed E-state index contributed by atoms with van der Waals surface area (Å²) in [5, 5.41) is 7.67. The molecule has 0 aromatic rings. The molecule has 0 radical (unpaired) electrons. The Bertz CT molecular complexity index is 430. The lowest BCUT2D eigenvalue weighted by Gasteiger charge is -2.21. The van der Waals surface area contributed by atoms with Crippen LogP contribution in [0.25, 0.3) is 0 Å². The third-order valence-electron chi connectivity index (χ3n) is 2.57. The van der Waals surface area contributed by atoms with Crippen molar-refractivity contribution in [3.05, 3.63) is 0 Å². The molecule has 0 aliphatic rings. The number of sulfonamides is 1. The largest absolute Gasteiger partial charge is 0.480 e. The number of nitrogens with zero attached hydrogens (tertiary/aromatic N) is 1. The molecule has 0 heterocycles. The van der Waals surface area contributed by atoms with Gasteiger partial charge >= 0.3 is 5.97 Å². The normalized spacial score (nSPS) is 15.1. The molecule has 0 saturated heterocycles. The molecular weight excluding hydrogens is 272 g/mol. The molecule has 1 amide bonds. The molecule has 0 aromatic carbocycles. The van der Waals surface area contributed by atoms with E-state index in [0.29, 0.717) is 0 Å². The summed E-state index contributed by atoms with van der Waals surface area (Å²) in [7, 11) is -1.13. The van der Waals surface area contributed by atoms with Crippen molar-refractivity contribution in [2.75, 3.05) is 14.1 Å². The van der Waals surface area contributed by atoms with Crippen molar-refractivity contribution in [3.8, 4) is 0 Å². The van der Waals surface area contributed by atoms with Crippen LogP contribution in [0.5, 0.6) is 0 Å². The van der Waals surface area contributed by atoms with Gasteiger partial charge in [-0.15, -0.1) is 0 Å². The summed E-state index contributed by atoms with van der Waals surface area (Å²) in [5.41, 5.74) is 0. The SMILES string of the molecule is CC(C)C[C@@H](NS(=O)(=O)C(C)C(=O)N(C)C)C(=O)O. The Hall–Kier alpha value is -1.15. The monoisotopic (exact) mass is 294 g/mol. The van der Waals surface area contributed by atoms with Crippen LogP contribution in [-0.4, -0.2) is 55.7 Å². The van der Waals surface area contributed by atoms with Crippen LogP contribution in [-0.2, 0) is 19.6 Å². The van der Waals surface area contributed by atoms with E-state index in [1.165, 1.54) is 21.0 Å². The van der Waals surface area contributed by atoms with Gasteiger partial charge in [-0.25, -0.2) is 13.1 Å². The second kappa shape index (κ2) is 6.85. The molecule has 0 bridgehead atoms. The number of carboxylic acids is 1. The molecule has 0 aliphatic heterocycles. The minimum absolute atomic E-state index is 0.0173. The van der Waals surface area contributed by atoms with Gasteiger partial charge in [0.05, 0.1) is 0 Å². The number of amides is 1. The van der Waals surface area contributed by atoms with E-state index in [1.54, 1.807) is 13.8 Å². The standard InChI is InChI=1S/C11H22N2O5S/c1-7(2)6-9(11(15)16)12-19(17,18)8(3)10(14)13(4)5/h7-9,12H,6H2,1-5H3,(H,15,16)/t8?,9-/m1/s1. The van der Waals surface area contributed by atoms with E-state index >= 15 is 0 Å². The Morgan fingerprint density at radius 3 is 2.00 bits per heavy atom. The van der Waals surface area contributed by atoms with Gasteiger partial charge in [0.2, 0.25) is 15.9 Å². The summed E-state index contributed by atoms with van der Waals surface area (Å²) in [6.45, 7) is 4.82. The fraction of sp³-hybridized carbons (Fsp3) is 0.818. The third kappa shape index (κ3) is 5.56. The molecule has 0 aliphatic carbocycles. The molecule has 8 heteroatoms. The Morgan fingerprint density at radius 1 is 1.21 bits per heavy atom. The number of carbonyl (C=O) groups excluding carboxylic acids is 1. The summed E-state index contributed by atoms with van der Waals surface area (Å²) in [6, 6.07) is -1.22. The molecule has 0 spiro atoms. The molecule has 2 N–H and O–H groups in total. The third-order valence-corrected chi connectivity index (χ3v) is 4.31. The first-order valence-electron chi connectivity index (χ1n) is 5.94. The van der Waals surface area contributed by atoms with E-state index in [0.717, 1.165) is 4.90 Å². The highest BCUT2D eigenvalue weighted by Crippen LogP contribution is 2.09. The van der Waals surface area contributed by atoms with Crippen LogP contribution in [0.3, 0.4) is 0 Å². The molecule has 2 atom stereocenters. The van der Waals surface area contributed by atoms with E-state index in [4.69, 9.17) is 5.11 Å². The van der Waals surface area contributed by atoms with Gasteiger partial charge in [-0.05, 0) is 19.3 Å². The lowest BCUT2D eigenvalue weighted by Crippen LogP contribution is -2.49. The predicted octanol–water partition coefficient (Wildman–Crippen LogP) is -0.118. The van der Waals surface area contributed by atoms with Gasteiger partial charge in [0.15, 0.2) is 5.25 Å². The molecule has 7 nitrogen and oxygen atoms in total. The zero-order chi connectivity index (χ0) is 15.4. The summed E-state index contributed by atoms with van der Waals surface area (Å²) in [4.78, 5) is 23.8. The maximum atomic E-state index is 12.0. The minimum Gasteiger partial charge on any atom is -0.480 e. The van der Waals surface area contributed by atoms with Crippen molar-refractivity contribution >= 4 is 21.9 Å². The van der Waals surface area contributed by atoms with Gasteiger partial charge in [-0.1, -0.05) is 13.8 Å². The molecule has 0 rings (SSSR count). The number of hydrogen-bond donors (Lipinski definition) is 2. The molecule has 112 valence electrons. The quantitative estimate of drug-likeness (QED) is 0.681. The Balaban J connectivity index is 5.01. The van der Waals surface area contributed by atoms with E-state index < -0.39 is 33.2 Å². The maximum absolute atomic E-state index is 12.0. The van der Waals surface area contributed by atoms with Crippen molar-refractivity contribution < 1.29 is 23.1 Å². The minimum atomic E-state index is -4.02. The summed E-state index contributed by atoms with van der Waals surface area (Å²) >= 11 is 0. The summed E-state index contributed by atoms with van der Waals surface area (Å²) in [6.07, 6.45) is 0.164. The van der Waals surface area contributed by atoms with Crippen molar-refractivity contribution in [2.45, 2.75) is 38.5 Å². The molecule has 0 fully saturated rings. The van der Waals surface area contributed by atoms with Crippen LogP contribution in [0.2, 0.25) is 0 Å². The lowest BCUT2D eigenvalue weighted by molar-refractivity contribution is -0.139. The fourth-order valence-corrected chi connectivity index (χ4v) is 2.74. The Kier molecular flexibility index (Phi) is 6.44. The molecule has 1 unspecified atom stereocenters. The highest BCUT2D eigenvalue weighted by Gasteiger charge is 2.33. The number of carboxylic acid groups (broad SMARTS) is 1. The van der Waals surface area contributed by atoms with Crippen molar-refractivity contribution in [1.29, 1.82) is 0 Å². The van der Waals surface area contributed by atoms with E-state index in [-0.39, 0.29) is 12.3 Å². The second-order valence-corrected chi connectivity index (χ2v) is 7.09. The Morgan fingerprint density at radius 2 is 1.68 bits per heavy atom. The van der Waals surface area contributed by atoms with Gasteiger partial charge in [0, 0.05) is 14.1 Å². The number of hydrogen-bond acceptors (Lipinski definition) is 4. The lowest BCUT2D eigenvalue weighted by atomic mass is 10.1. The number of carbonyl (C=O) groups is 2. The van der Waals surface area contributed by atoms with Crippen LogP contribution in [0, 0.1) is 5.92 Å². The first kappa shape index (κ1) is 17.8. The van der Waals surface area contributed by atoms with Gasteiger partial charge in [-0.2, -0.15) is 0 Å². The average molecular weight is 294 g/mol. The highest BCUT2D eigenvalue weighted by molar-refractivity contribution is 7.90. The van der Waals surface area contributed by atoms with Crippen molar-refractivity contribution in [2.24, 2.45) is 5.92 Å². The molecule has 0 aromatic heterocycles. The smallest absolute Gasteiger partial charge is 0.321 e. The van der Waals surface area contributed by atoms with Crippen LogP contribution in [0.1, 0.15) is 27.2 Å². The van der Waals surface area contributed by atoms with Gasteiger partial charge in [0.1, 0.15) is 6.04 Å².